The van der Waals surface area contributed by atoms with Gasteiger partial charge in [-0.2, -0.15) is 0 Å². The molecule has 80 valence electrons. The van der Waals surface area contributed by atoms with Gasteiger partial charge in [0.05, 0.1) is 0 Å². The zero-order chi connectivity index (χ0) is 11.4. The predicted molar refractivity (Wildman–Crippen MR) is 66.4 cm³/mol. The van der Waals surface area contributed by atoms with Gasteiger partial charge < -0.3 is 11.1 Å². The van der Waals surface area contributed by atoms with Gasteiger partial charge in [0.15, 0.2) is 0 Å². The molecular weight excluding hydrogens is 200 g/mol. The molecule has 0 fully saturated rings. The van der Waals surface area contributed by atoms with Gasteiger partial charge in [-0.15, -0.1) is 0 Å². The van der Waals surface area contributed by atoms with E-state index in [0.29, 0.717) is 11.3 Å². The minimum Gasteiger partial charge on any atom is -0.399 e. The molecule has 3 nitrogen and oxygen atoms in total. The topological polar surface area (TPSA) is 55.1 Å². The van der Waals surface area contributed by atoms with Crippen LogP contribution < -0.4 is 11.1 Å². The van der Waals surface area contributed by atoms with Crippen LogP contribution >= 0.6 is 0 Å². The van der Waals surface area contributed by atoms with Crippen LogP contribution in [0.2, 0.25) is 0 Å². The van der Waals surface area contributed by atoms with E-state index in [1.165, 1.54) is 0 Å². The molecule has 0 bridgehead atoms. The molecule has 0 unspecified atom stereocenters. The fraction of sp³-hybridized carbons (Fsp3) is 0. The van der Waals surface area contributed by atoms with Crippen molar-refractivity contribution in [1.29, 1.82) is 0 Å². The number of benzene rings is 2. The first-order valence-corrected chi connectivity index (χ1v) is 4.97. The first-order valence-electron chi connectivity index (χ1n) is 4.97. The maximum atomic E-state index is 11.8. The van der Waals surface area contributed by atoms with Gasteiger partial charge in [0.25, 0.3) is 5.91 Å². The molecule has 0 aromatic heterocycles. The molecule has 1 amide bonds. The maximum absolute atomic E-state index is 11.8. The SMILES string of the molecule is Nc1ccc(NC(=O)c2ccccc2)cc1.[H+]. The molecule has 0 saturated heterocycles. The summed E-state index contributed by atoms with van der Waals surface area (Å²) in [4.78, 5) is 11.8. The van der Waals surface area contributed by atoms with Gasteiger partial charge in [0, 0.05) is 16.9 Å². The van der Waals surface area contributed by atoms with Crippen LogP contribution in [0.25, 0.3) is 0 Å². The number of nitrogens with one attached hydrogen (secondary N) is 1. The van der Waals surface area contributed by atoms with Gasteiger partial charge in [0.2, 0.25) is 0 Å². The van der Waals surface area contributed by atoms with Crippen LogP contribution in [-0.4, -0.2) is 5.91 Å². The van der Waals surface area contributed by atoms with Gasteiger partial charge in [-0.25, -0.2) is 0 Å². The molecule has 0 atom stereocenters. The molecule has 16 heavy (non-hydrogen) atoms. The summed E-state index contributed by atoms with van der Waals surface area (Å²) in [5.41, 5.74) is 7.61. The van der Waals surface area contributed by atoms with Crippen LogP contribution in [0.15, 0.2) is 54.6 Å². The highest BCUT2D eigenvalue weighted by atomic mass is 16.1. The molecule has 3 heteroatoms. The number of nitrogen functional groups attached to an aromatic ring is 1. The third kappa shape index (κ3) is 2.39. The van der Waals surface area contributed by atoms with Crippen molar-refractivity contribution in [2.75, 3.05) is 11.1 Å². The van der Waals surface area contributed by atoms with Crippen LogP contribution in [0.4, 0.5) is 11.4 Å². The Balaban J connectivity index is 0.00000144. The average Bonchev–Trinajstić information content (AvgIpc) is 2.33. The fourth-order valence-electron chi connectivity index (χ4n) is 1.36. The highest BCUT2D eigenvalue weighted by Gasteiger charge is 2.03. The lowest BCUT2D eigenvalue weighted by Crippen LogP contribution is -2.11. The maximum Gasteiger partial charge on any atom is 1.00 e. The molecular formula is C13H13N2O+. The summed E-state index contributed by atoms with van der Waals surface area (Å²) in [6.07, 6.45) is 0. The molecule has 0 saturated carbocycles. The summed E-state index contributed by atoms with van der Waals surface area (Å²) in [6, 6.07) is 16.1. The van der Waals surface area contributed by atoms with Crippen LogP contribution in [0.3, 0.4) is 0 Å². The lowest BCUT2D eigenvalue weighted by molar-refractivity contribution is 0.102. The van der Waals surface area contributed by atoms with Crippen molar-refractivity contribution in [3.05, 3.63) is 60.2 Å². The lowest BCUT2D eigenvalue weighted by Gasteiger charge is -2.05. The normalized spacial score (nSPS) is 9.75. The van der Waals surface area contributed by atoms with Crippen molar-refractivity contribution in [3.63, 3.8) is 0 Å². The molecule has 0 spiro atoms. The highest BCUT2D eigenvalue weighted by molar-refractivity contribution is 6.04. The predicted octanol–water partition coefficient (Wildman–Crippen LogP) is 2.63. The Labute approximate surface area is 95.4 Å². The summed E-state index contributed by atoms with van der Waals surface area (Å²) < 4.78 is 0. The summed E-state index contributed by atoms with van der Waals surface area (Å²) in [5, 5.41) is 2.79. The quantitative estimate of drug-likeness (QED) is 0.753. The van der Waals surface area contributed by atoms with Crippen LogP contribution in [0, 0.1) is 0 Å². The molecule has 2 rings (SSSR count). The second kappa shape index (κ2) is 4.49. The van der Waals surface area contributed by atoms with Gasteiger partial charge in [0.1, 0.15) is 0 Å². The van der Waals surface area contributed by atoms with E-state index < -0.39 is 0 Å². The Bertz CT molecular complexity index is 483. The van der Waals surface area contributed by atoms with Gasteiger partial charge in [-0.3, -0.25) is 4.79 Å². The molecule has 0 aliphatic rings. The monoisotopic (exact) mass is 213 g/mol. The van der Waals surface area contributed by atoms with Crippen molar-refractivity contribution >= 4 is 17.3 Å². The molecule has 0 aliphatic carbocycles. The highest BCUT2D eigenvalue weighted by Crippen LogP contribution is 2.11. The average molecular weight is 213 g/mol. The van der Waals surface area contributed by atoms with E-state index >= 15 is 0 Å². The second-order valence-electron chi connectivity index (χ2n) is 3.44. The summed E-state index contributed by atoms with van der Waals surface area (Å²) in [7, 11) is 0. The lowest BCUT2D eigenvalue weighted by atomic mass is 10.2. The minimum absolute atomic E-state index is 0. The molecule has 3 N–H and O–H groups in total. The standard InChI is InChI=1S/C13H12N2O/c14-11-6-8-12(9-7-11)15-13(16)10-4-2-1-3-5-10/h1-9H,14H2,(H,15,16)/p+1. The Morgan fingerprint density at radius 1 is 1.00 bits per heavy atom. The van der Waals surface area contributed by atoms with E-state index in [1.807, 2.05) is 18.2 Å². The van der Waals surface area contributed by atoms with Gasteiger partial charge in [-0.1, -0.05) is 18.2 Å². The van der Waals surface area contributed by atoms with E-state index in [2.05, 4.69) is 5.32 Å². The summed E-state index contributed by atoms with van der Waals surface area (Å²) in [6.45, 7) is 0. The zero-order valence-electron chi connectivity index (χ0n) is 9.68. The van der Waals surface area contributed by atoms with E-state index in [-0.39, 0.29) is 7.33 Å². The van der Waals surface area contributed by atoms with Crippen LogP contribution in [0.1, 0.15) is 11.8 Å². The number of hydrogen-bond acceptors (Lipinski definition) is 2. The summed E-state index contributed by atoms with van der Waals surface area (Å²) >= 11 is 0. The van der Waals surface area contributed by atoms with Crippen molar-refractivity contribution < 1.29 is 6.22 Å². The van der Waals surface area contributed by atoms with E-state index in [9.17, 15) is 4.79 Å². The van der Waals surface area contributed by atoms with E-state index in [1.54, 1.807) is 36.4 Å². The van der Waals surface area contributed by atoms with Crippen molar-refractivity contribution in [2.24, 2.45) is 0 Å². The van der Waals surface area contributed by atoms with Gasteiger partial charge >= 0.3 is 1.43 Å². The number of anilines is 2. The Morgan fingerprint density at radius 3 is 2.25 bits per heavy atom. The smallest absolute Gasteiger partial charge is 0.399 e. The number of nitrogens with two attached hydrogens (primary N) is 1. The van der Waals surface area contributed by atoms with Crippen molar-refractivity contribution in [2.45, 2.75) is 0 Å². The Hall–Kier alpha value is -2.29. The largest absolute Gasteiger partial charge is 1.00 e. The van der Waals surface area contributed by atoms with Crippen molar-refractivity contribution in [3.8, 4) is 0 Å². The summed E-state index contributed by atoms with van der Waals surface area (Å²) in [5.74, 6) is -0.120. The third-order valence-corrected chi connectivity index (χ3v) is 2.20. The van der Waals surface area contributed by atoms with E-state index in [0.717, 1.165) is 5.69 Å². The first-order chi connectivity index (χ1) is 7.75. The molecule has 0 radical (unpaired) electrons. The van der Waals surface area contributed by atoms with E-state index in [4.69, 9.17) is 5.73 Å². The second-order valence-corrected chi connectivity index (χ2v) is 3.44. The minimum atomic E-state index is -0.120. The zero-order valence-corrected chi connectivity index (χ0v) is 8.68. The fourth-order valence-corrected chi connectivity index (χ4v) is 1.36. The van der Waals surface area contributed by atoms with Crippen LogP contribution in [-0.2, 0) is 0 Å². The van der Waals surface area contributed by atoms with Crippen LogP contribution in [0.5, 0.6) is 0 Å². The molecule has 2 aromatic rings. The van der Waals surface area contributed by atoms with Crippen molar-refractivity contribution in [1.82, 2.24) is 0 Å². The third-order valence-electron chi connectivity index (χ3n) is 2.20. The molecule has 0 heterocycles. The number of carbonyl (C=O) groups is 1. The Kier molecular flexibility index (Phi) is 2.87. The number of amides is 1. The number of rotatable bonds is 2. The first kappa shape index (κ1) is 10.2. The molecule has 0 aliphatic heterocycles. The number of carbonyl (C=O) groups excluding carboxylic acids is 1. The Morgan fingerprint density at radius 2 is 1.62 bits per heavy atom. The number of hydrogen-bond donors (Lipinski definition) is 2. The molecule has 2 aromatic carbocycles. The van der Waals surface area contributed by atoms with Gasteiger partial charge in [-0.05, 0) is 36.4 Å².